The standard InChI is InChI=1S/C49H40N4/c1-4-12-34(13-5-1)35-20-22-37(23-21-35)47-50-46(36-14-6-2-7-15-36)51-48(52-47)38-24-25-43-45(31-38)53(41-16-8-3-9-17-41)44-19-11-10-18-42(44)49(43)39-27-32-26-33(29-39)30-40(49)28-32/h1-25,31-33,39-40H,26-30H2. The molecular formula is C49H40N4. The maximum Gasteiger partial charge on any atom is 0.164 e. The fourth-order valence-corrected chi connectivity index (χ4v) is 11.0. The lowest BCUT2D eigenvalue weighted by Crippen LogP contribution is -2.57. The number of benzene rings is 6. The summed E-state index contributed by atoms with van der Waals surface area (Å²) in [5, 5.41) is 0. The van der Waals surface area contributed by atoms with Crippen LogP contribution in [-0.2, 0) is 5.41 Å². The van der Waals surface area contributed by atoms with E-state index in [2.05, 4.69) is 144 Å². The third-order valence-electron chi connectivity index (χ3n) is 12.9. The first kappa shape index (κ1) is 30.7. The van der Waals surface area contributed by atoms with E-state index in [0.717, 1.165) is 28.5 Å². The van der Waals surface area contributed by atoms with Gasteiger partial charge in [-0.15, -0.1) is 0 Å². The second-order valence-corrected chi connectivity index (χ2v) is 15.7. The molecular weight excluding hydrogens is 645 g/mol. The van der Waals surface area contributed by atoms with E-state index in [0.29, 0.717) is 29.3 Å². The van der Waals surface area contributed by atoms with Crippen LogP contribution in [0.3, 0.4) is 0 Å². The first-order chi connectivity index (χ1) is 26.2. The zero-order chi connectivity index (χ0) is 34.9. The molecule has 4 nitrogen and oxygen atoms in total. The molecule has 256 valence electrons. The summed E-state index contributed by atoms with van der Waals surface area (Å²) in [6, 6.07) is 56.7. The number of hydrogen-bond donors (Lipinski definition) is 0. The number of rotatable bonds is 5. The van der Waals surface area contributed by atoms with Crippen molar-refractivity contribution >= 4 is 17.1 Å². The fraction of sp³-hybridized carbons (Fsp3) is 0.204. The van der Waals surface area contributed by atoms with Gasteiger partial charge in [-0.05, 0) is 102 Å². The van der Waals surface area contributed by atoms with Crippen molar-refractivity contribution in [1.82, 2.24) is 15.0 Å². The average molecular weight is 685 g/mol. The highest BCUT2D eigenvalue weighted by molar-refractivity contribution is 5.88. The Morgan fingerprint density at radius 3 is 1.49 bits per heavy atom. The van der Waals surface area contributed by atoms with Crippen LogP contribution in [0.15, 0.2) is 158 Å². The van der Waals surface area contributed by atoms with Crippen LogP contribution in [-0.4, -0.2) is 15.0 Å². The van der Waals surface area contributed by atoms with E-state index in [-0.39, 0.29) is 5.41 Å². The molecule has 1 spiro atoms. The Hall–Kier alpha value is -5.87. The van der Waals surface area contributed by atoms with Crippen LogP contribution < -0.4 is 4.90 Å². The summed E-state index contributed by atoms with van der Waals surface area (Å²) in [5.74, 6) is 5.13. The smallest absolute Gasteiger partial charge is 0.164 e. The summed E-state index contributed by atoms with van der Waals surface area (Å²) >= 11 is 0. The van der Waals surface area contributed by atoms with Gasteiger partial charge < -0.3 is 4.90 Å². The monoisotopic (exact) mass is 684 g/mol. The zero-order valence-corrected chi connectivity index (χ0v) is 29.6. The van der Waals surface area contributed by atoms with Gasteiger partial charge in [0, 0.05) is 27.8 Å². The van der Waals surface area contributed by atoms with Gasteiger partial charge in [-0.25, -0.2) is 15.0 Å². The van der Waals surface area contributed by atoms with Gasteiger partial charge in [0.15, 0.2) is 17.5 Å². The lowest BCUT2D eigenvalue weighted by atomic mass is 9.41. The van der Waals surface area contributed by atoms with Gasteiger partial charge in [-0.1, -0.05) is 133 Å². The van der Waals surface area contributed by atoms with Crippen LogP contribution in [0, 0.1) is 23.7 Å². The van der Waals surface area contributed by atoms with Gasteiger partial charge in [0.25, 0.3) is 0 Å². The number of hydrogen-bond acceptors (Lipinski definition) is 4. The summed E-state index contributed by atoms with van der Waals surface area (Å²) in [4.78, 5) is 18.0. The molecule has 0 radical (unpaired) electrons. The minimum Gasteiger partial charge on any atom is -0.310 e. The molecule has 0 unspecified atom stereocenters. The van der Waals surface area contributed by atoms with Crippen LogP contribution in [0.5, 0.6) is 0 Å². The van der Waals surface area contributed by atoms with Gasteiger partial charge in [0.05, 0.1) is 11.4 Å². The zero-order valence-electron chi connectivity index (χ0n) is 29.6. The third-order valence-corrected chi connectivity index (χ3v) is 12.9. The lowest BCUT2D eigenvalue weighted by Gasteiger charge is -2.64. The molecule has 53 heavy (non-hydrogen) atoms. The predicted octanol–water partition coefficient (Wildman–Crippen LogP) is 12.1. The summed E-state index contributed by atoms with van der Waals surface area (Å²) in [6.45, 7) is 0. The molecule has 4 fully saturated rings. The van der Waals surface area contributed by atoms with E-state index in [1.165, 1.54) is 71.4 Å². The van der Waals surface area contributed by atoms with Crippen molar-refractivity contribution in [2.24, 2.45) is 23.7 Å². The molecule has 0 N–H and O–H groups in total. The molecule has 12 rings (SSSR count). The molecule has 4 heteroatoms. The minimum atomic E-state index is 0.0170. The number of aromatic nitrogens is 3. The molecule has 0 atom stereocenters. The Morgan fingerprint density at radius 2 is 0.849 bits per heavy atom. The molecule has 5 aliphatic rings. The van der Waals surface area contributed by atoms with E-state index in [4.69, 9.17) is 15.0 Å². The molecule has 1 aliphatic heterocycles. The predicted molar refractivity (Wildman–Crippen MR) is 214 cm³/mol. The topological polar surface area (TPSA) is 41.9 Å². The van der Waals surface area contributed by atoms with Crippen LogP contribution in [0.2, 0.25) is 0 Å². The summed E-state index contributed by atoms with van der Waals surface area (Å²) in [7, 11) is 0. The fourth-order valence-electron chi connectivity index (χ4n) is 11.0. The maximum atomic E-state index is 5.23. The molecule has 7 aromatic rings. The SMILES string of the molecule is c1ccc(-c2ccc(-c3nc(-c4ccccc4)nc(-c4ccc5c(c4)N(c4ccccc4)c4ccccc4C54C5CC6CC(C5)CC4C6)n3)cc2)cc1. The van der Waals surface area contributed by atoms with E-state index in [1.54, 1.807) is 0 Å². The number of para-hydroxylation sites is 2. The van der Waals surface area contributed by atoms with Crippen LogP contribution in [0.1, 0.15) is 43.2 Å². The van der Waals surface area contributed by atoms with Crippen LogP contribution >= 0.6 is 0 Å². The highest BCUT2D eigenvalue weighted by atomic mass is 15.2. The third kappa shape index (κ3) is 4.85. The van der Waals surface area contributed by atoms with Crippen molar-refractivity contribution in [2.45, 2.75) is 37.5 Å². The van der Waals surface area contributed by atoms with Crippen molar-refractivity contribution in [3.63, 3.8) is 0 Å². The van der Waals surface area contributed by atoms with Crippen molar-refractivity contribution in [3.05, 3.63) is 169 Å². The van der Waals surface area contributed by atoms with Gasteiger partial charge in [-0.2, -0.15) is 0 Å². The van der Waals surface area contributed by atoms with E-state index in [9.17, 15) is 0 Å². The lowest BCUT2D eigenvalue weighted by molar-refractivity contribution is -0.0419. The Balaban J connectivity index is 1.10. The van der Waals surface area contributed by atoms with E-state index >= 15 is 0 Å². The van der Waals surface area contributed by atoms with Crippen molar-refractivity contribution in [3.8, 4) is 45.3 Å². The highest BCUT2D eigenvalue weighted by Gasteiger charge is 2.61. The normalized spacial score (nSPS) is 23.5. The molecule has 0 amide bonds. The quantitative estimate of drug-likeness (QED) is 0.181. The Labute approximate surface area is 311 Å². The highest BCUT2D eigenvalue weighted by Crippen LogP contribution is 2.69. The van der Waals surface area contributed by atoms with Crippen LogP contribution in [0.4, 0.5) is 17.1 Å². The van der Waals surface area contributed by atoms with Gasteiger partial charge in [0.1, 0.15) is 0 Å². The first-order valence-electron chi connectivity index (χ1n) is 19.3. The molecule has 0 saturated heterocycles. The van der Waals surface area contributed by atoms with Crippen molar-refractivity contribution < 1.29 is 0 Å². The largest absolute Gasteiger partial charge is 0.310 e. The summed E-state index contributed by atoms with van der Waals surface area (Å²) in [6.07, 6.45) is 6.80. The minimum absolute atomic E-state index is 0.0170. The Morgan fingerprint density at radius 1 is 0.396 bits per heavy atom. The van der Waals surface area contributed by atoms with Gasteiger partial charge in [-0.3, -0.25) is 0 Å². The van der Waals surface area contributed by atoms with E-state index < -0.39 is 0 Å². The number of anilines is 3. The Bertz CT molecular complexity index is 2430. The molecule has 4 saturated carbocycles. The molecule has 2 heterocycles. The summed E-state index contributed by atoms with van der Waals surface area (Å²) in [5.41, 5.74) is 12.1. The molecule has 6 aromatic carbocycles. The molecule has 4 bridgehead atoms. The van der Waals surface area contributed by atoms with Gasteiger partial charge >= 0.3 is 0 Å². The van der Waals surface area contributed by atoms with Crippen LogP contribution in [0.25, 0.3) is 45.3 Å². The van der Waals surface area contributed by atoms with Gasteiger partial charge in [0.2, 0.25) is 0 Å². The van der Waals surface area contributed by atoms with Crippen molar-refractivity contribution in [2.75, 3.05) is 4.90 Å². The van der Waals surface area contributed by atoms with Crippen molar-refractivity contribution in [1.29, 1.82) is 0 Å². The molecule has 1 aromatic heterocycles. The second kappa shape index (κ2) is 12.1. The average Bonchev–Trinajstić information content (AvgIpc) is 3.22. The Kier molecular flexibility index (Phi) is 7.01. The maximum absolute atomic E-state index is 5.23. The number of fused-ring (bicyclic) bond motifs is 2. The summed E-state index contributed by atoms with van der Waals surface area (Å²) < 4.78 is 0. The first-order valence-corrected chi connectivity index (χ1v) is 19.3. The second-order valence-electron chi connectivity index (χ2n) is 15.7. The molecule has 4 aliphatic carbocycles. The van der Waals surface area contributed by atoms with E-state index in [1.807, 2.05) is 18.2 Å². The number of nitrogens with zero attached hydrogens (tertiary/aromatic N) is 4.